The Morgan fingerprint density at radius 3 is 2.43 bits per heavy atom. The van der Waals surface area contributed by atoms with Gasteiger partial charge in [0.05, 0.1) is 22.8 Å². The fourth-order valence-electron chi connectivity index (χ4n) is 2.58. The fourth-order valence-corrected chi connectivity index (χ4v) is 2.58. The maximum atomic E-state index is 12.7. The number of carbonyl (C=O) groups is 1. The number of carbonyl (C=O) groups excluding carboxylic acids is 1. The molecule has 0 radical (unpaired) electrons. The van der Waals surface area contributed by atoms with E-state index in [0.29, 0.717) is 16.7 Å². The van der Waals surface area contributed by atoms with Crippen molar-refractivity contribution in [2.75, 3.05) is 0 Å². The van der Waals surface area contributed by atoms with Crippen LogP contribution in [-0.4, -0.2) is 15.7 Å². The van der Waals surface area contributed by atoms with Crippen molar-refractivity contribution in [1.82, 2.24) is 4.90 Å². The average Bonchev–Trinajstić information content (AvgIpc) is 2.60. The summed E-state index contributed by atoms with van der Waals surface area (Å²) in [5, 5.41) is 20.8. The SMILES string of the molecule is N#CC1c2ccccc2C([N+](=O)[O-])=CN1C(=O)c1ccccc1. The highest BCUT2D eigenvalue weighted by Crippen LogP contribution is 2.35. The number of nitriles is 1. The molecule has 1 atom stereocenters. The number of hydrogen-bond donors (Lipinski definition) is 0. The number of benzene rings is 2. The minimum atomic E-state index is -0.900. The van der Waals surface area contributed by atoms with E-state index in [1.165, 1.54) is 0 Å². The lowest BCUT2D eigenvalue weighted by molar-refractivity contribution is -0.376. The van der Waals surface area contributed by atoms with Gasteiger partial charge < -0.3 is 0 Å². The third-order valence-electron chi connectivity index (χ3n) is 3.65. The normalized spacial score (nSPS) is 16.0. The van der Waals surface area contributed by atoms with Gasteiger partial charge in [-0.15, -0.1) is 0 Å². The maximum absolute atomic E-state index is 12.7. The Balaban J connectivity index is 2.14. The summed E-state index contributed by atoms with van der Waals surface area (Å²) in [6, 6.07) is 16.1. The summed E-state index contributed by atoms with van der Waals surface area (Å²) in [6.45, 7) is 0. The van der Waals surface area contributed by atoms with Gasteiger partial charge >= 0.3 is 0 Å². The Morgan fingerprint density at radius 1 is 1.13 bits per heavy atom. The van der Waals surface area contributed by atoms with Crippen LogP contribution in [0, 0.1) is 21.4 Å². The summed E-state index contributed by atoms with van der Waals surface area (Å²) in [6.07, 6.45) is 1.14. The summed E-state index contributed by atoms with van der Waals surface area (Å²) in [5.74, 6) is -0.453. The topological polar surface area (TPSA) is 87.2 Å². The maximum Gasteiger partial charge on any atom is 0.293 e. The van der Waals surface area contributed by atoms with Crippen molar-refractivity contribution in [3.63, 3.8) is 0 Å². The molecule has 6 nitrogen and oxygen atoms in total. The zero-order valence-electron chi connectivity index (χ0n) is 11.9. The Hall–Kier alpha value is -3.46. The molecule has 1 aliphatic heterocycles. The lowest BCUT2D eigenvalue weighted by atomic mass is 9.94. The highest BCUT2D eigenvalue weighted by Gasteiger charge is 2.35. The van der Waals surface area contributed by atoms with Crippen LogP contribution in [0.3, 0.4) is 0 Å². The first-order chi connectivity index (χ1) is 11.1. The lowest BCUT2D eigenvalue weighted by Gasteiger charge is -2.28. The second-order valence-electron chi connectivity index (χ2n) is 4.97. The van der Waals surface area contributed by atoms with Crippen LogP contribution in [-0.2, 0) is 0 Å². The third kappa shape index (κ3) is 2.45. The van der Waals surface area contributed by atoms with Crippen molar-refractivity contribution in [2.24, 2.45) is 0 Å². The van der Waals surface area contributed by atoms with Crippen molar-refractivity contribution < 1.29 is 9.72 Å². The molecule has 23 heavy (non-hydrogen) atoms. The standard InChI is InChI=1S/C17H11N3O3/c18-10-15-13-8-4-5-9-14(13)16(20(22)23)11-19(15)17(21)12-6-2-1-3-7-12/h1-9,11,15H. The van der Waals surface area contributed by atoms with Gasteiger partial charge in [-0.2, -0.15) is 5.26 Å². The summed E-state index contributed by atoms with van der Waals surface area (Å²) in [7, 11) is 0. The van der Waals surface area contributed by atoms with E-state index in [-0.39, 0.29) is 5.70 Å². The highest BCUT2D eigenvalue weighted by atomic mass is 16.6. The second-order valence-corrected chi connectivity index (χ2v) is 4.97. The predicted molar refractivity (Wildman–Crippen MR) is 82.4 cm³/mol. The number of rotatable bonds is 2. The summed E-state index contributed by atoms with van der Waals surface area (Å²) >= 11 is 0. The first-order valence-electron chi connectivity index (χ1n) is 6.86. The molecule has 6 heteroatoms. The van der Waals surface area contributed by atoms with E-state index in [1.807, 2.05) is 0 Å². The van der Waals surface area contributed by atoms with Gasteiger partial charge in [-0.05, 0) is 18.2 Å². The fraction of sp³-hybridized carbons (Fsp3) is 0.0588. The molecule has 0 saturated heterocycles. The van der Waals surface area contributed by atoms with Crippen LogP contribution in [0.15, 0.2) is 60.8 Å². The summed E-state index contributed by atoms with van der Waals surface area (Å²) in [5.41, 5.74) is 0.983. The minimum absolute atomic E-state index is 0.198. The van der Waals surface area contributed by atoms with Gasteiger partial charge in [-0.3, -0.25) is 19.8 Å². The highest BCUT2D eigenvalue weighted by molar-refractivity contribution is 5.96. The van der Waals surface area contributed by atoms with E-state index in [2.05, 4.69) is 6.07 Å². The van der Waals surface area contributed by atoms with Crippen LogP contribution in [0.25, 0.3) is 5.70 Å². The Kier molecular flexibility index (Phi) is 3.61. The molecule has 1 heterocycles. The Bertz CT molecular complexity index is 853. The molecule has 0 aliphatic carbocycles. The predicted octanol–water partition coefficient (Wildman–Crippen LogP) is 2.98. The van der Waals surface area contributed by atoms with Crippen LogP contribution in [0.5, 0.6) is 0 Å². The molecule has 0 aromatic heterocycles. The molecule has 112 valence electrons. The second kappa shape index (κ2) is 5.73. The number of fused-ring (bicyclic) bond motifs is 1. The van der Waals surface area contributed by atoms with Crippen molar-refractivity contribution in [2.45, 2.75) is 6.04 Å². The molecule has 2 aromatic carbocycles. The average molecular weight is 305 g/mol. The third-order valence-corrected chi connectivity index (χ3v) is 3.65. The first-order valence-corrected chi connectivity index (χ1v) is 6.86. The van der Waals surface area contributed by atoms with Crippen LogP contribution < -0.4 is 0 Å². The molecule has 1 amide bonds. The van der Waals surface area contributed by atoms with Gasteiger partial charge in [0.25, 0.3) is 11.6 Å². The zero-order chi connectivity index (χ0) is 16.4. The van der Waals surface area contributed by atoms with Crippen LogP contribution in [0.4, 0.5) is 0 Å². The summed E-state index contributed by atoms with van der Waals surface area (Å²) in [4.78, 5) is 24.6. The molecule has 1 aliphatic rings. The molecule has 0 spiro atoms. The first kappa shape index (κ1) is 14.5. The van der Waals surface area contributed by atoms with Crippen LogP contribution in [0.1, 0.15) is 27.5 Å². The van der Waals surface area contributed by atoms with E-state index in [9.17, 15) is 20.2 Å². The smallest absolute Gasteiger partial charge is 0.287 e. The van der Waals surface area contributed by atoms with Gasteiger partial charge in [-0.1, -0.05) is 36.4 Å². The number of amides is 1. The molecule has 0 fully saturated rings. The van der Waals surface area contributed by atoms with Crippen molar-refractivity contribution >= 4 is 11.6 Å². The van der Waals surface area contributed by atoms with Crippen molar-refractivity contribution in [3.05, 3.63) is 87.6 Å². The van der Waals surface area contributed by atoms with Gasteiger partial charge in [0.15, 0.2) is 0 Å². The Morgan fingerprint density at radius 2 is 1.78 bits per heavy atom. The van der Waals surface area contributed by atoms with Gasteiger partial charge in [0.1, 0.15) is 6.04 Å². The summed E-state index contributed by atoms with van der Waals surface area (Å²) < 4.78 is 0. The molecule has 3 rings (SSSR count). The van der Waals surface area contributed by atoms with E-state index in [1.54, 1.807) is 54.6 Å². The number of hydrogen-bond acceptors (Lipinski definition) is 4. The Labute approximate surface area is 132 Å². The van der Waals surface area contributed by atoms with Crippen LogP contribution >= 0.6 is 0 Å². The molecule has 0 N–H and O–H groups in total. The van der Waals surface area contributed by atoms with E-state index in [4.69, 9.17) is 0 Å². The van der Waals surface area contributed by atoms with Gasteiger partial charge in [0, 0.05) is 11.1 Å². The quantitative estimate of drug-likeness (QED) is 0.630. The van der Waals surface area contributed by atoms with Gasteiger partial charge in [-0.25, -0.2) is 0 Å². The van der Waals surface area contributed by atoms with E-state index in [0.717, 1.165) is 11.1 Å². The molecule has 2 aromatic rings. The molecular weight excluding hydrogens is 294 g/mol. The minimum Gasteiger partial charge on any atom is -0.287 e. The molecular formula is C17H11N3O3. The van der Waals surface area contributed by atoms with E-state index >= 15 is 0 Å². The molecule has 0 saturated carbocycles. The largest absolute Gasteiger partial charge is 0.293 e. The lowest BCUT2D eigenvalue weighted by Crippen LogP contribution is -2.33. The monoisotopic (exact) mass is 305 g/mol. The van der Waals surface area contributed by atoms with E-state index < -0.39 is 16.9 Å². The van der Waals surface area contributed by atoms with Crippen molar-refractivity contribution in [3.8, 4) is 6.07 Å². The van der Waals surface area contributed by atoms with Crippen LogP contribution in [0.2, 0.25) is 0 Å². The van der Waals surface area contributed by atoms with Gasteiger partial charge in [0.2, 0.25) is 0 Å². The number of nitrogens with zero attached hydrogens (tertiary/aromatic N) is 3. The van der Waals surface area contributed by atoms with Crippen molar-refractivity contribution in [1.29, 1.82) is 5.26 Å². The number of nitro groups is 1. The zero-order valence-corrected chi connectivity index (χ0v) is 11.9. The molecule has 0 bridgehead atoms. The molecule has 1 unspecified atom stereocenters.